The molecule has 0 unspecified atom stereocenters. The molecule has 33 heavy (non-hydrogen) atoms. The molecule has 0 saturated carbocycles. The fraction of sp³-hybridized carbons (Fsp3) is 0.0909. The molecule has 0 bridgehead atoms. The van der Waals surface area contributed by atoms with Gasteiger partial charge in [-0.2, -0.15) is 26.7 Å². The second kappa shape index (κ2) is 10.2. The first-order valence-electron chi connectivity index (χ1n) is 9.32. The van der Waals surface area contributed by atoms with Crippen molar-refractivity contribution in [1.82, 2.24) is 5.43 Å². The van der Waals surface area contributed by atoms with Crippen LogP contribution in [0.2, 0.25) is 0 Å². The van der Waals surface area contributed by atoms with Gasteiger partial charge >= 0.3 is 16.3 Å². The minimum absolute atomic E-state index is 0.0806. The van der Waals surface area contributed by atoms with Gasteiger partial charge in [-0.3, -0.25) is 4.79 Å². The summed E-state index contributed by atoms with van der Waals surface area (Å²) in [6, 6.07) is 16.1. The number of carbonyl (C=O) groups excluding carboxylic acids is 1. The van der Waals surface area contributed by atoms with E-state index in [0.717, 1.165) is 22.2 Å². The molecule has 0 aliphatic heterocycles. The predicted octanol–water partition coefficient (Wildman–Crippen LogP) is 4.93. The standard InChI is InChI=1S/C22H16BrF3N2O4S/c23-18-6-3-4-15(12-18)13-21(29)28-27-14-16-5-1-2-7-20(16)32-33(30,31)19-10-8-17(9-11-19)22(24,25)26/h1-12,14H,13H2,(H,28,29). The van der Waals surface area contributed by atoms with Crippen LogP contribution in [0.25, 0.3) is 0 Å². The van der Waals surface area contributed by atoms with Crippen LogP contribution >= 0.6 is 15.9 Å². The molecule has 3 rings (SSSR count). The summed E-state index contributed by atoms with van der Waals surface area (Å²) in [6.45, 7) is 0. The lowest BCUT2D eigenvalue weighted by Gasteiger charge is -2.11. The molecule has 0 aromatic heterocycles. The zero-order valence-corrected chi connectivity index (χ0v) is 19.1. The van der Waals surface area contributed by atoms with Gasteiger partial charge in [0.05, 0.1) is 18.2 Å². The number of carbonyl (C=O) groups is 1. The maximum absolute atomic E-state index is 12.7. The van der Waals surface area contributed by atoms with E-state index >= 15 is 0 Å². The Morgan fingerprint density at radius 2 is 1.73 bits per heavy atom. The first kappa shape index (κ1) is 24.5. The fourth-order valence-electron chi connectivity index (χ4n) is 2.69. The first-order valence-corrected chi connectivity index (χ1v) is 11.5. The molecule has 0 fully saturated rings. The summed E-state index contributed by atoms with van der Waals surface area (Å²) < 4.78 is 69.0. The number of para-hydroxylation sites is 1. The number of amides is 1. The number of hydrogen-bond acceptors (Lipinski definition) is 5. The smallest absolute Gasteiger partial charge is 0.378 e. The molecule has 1 amide bonds. The molecular formula is C22H16BrF3N2O4S. The highest BCUT2D eigenvalue weighted by Gasteiger charge is 2.31. The summed E-state index contributed by atoms with van der Waals surface area (Å²) in [5.74, 6) is -0.498. The lowest BCUT2D eigenvalue weighted by Crippen LogP contribution is -2.19. The Morgan fingerprint density at radius 1 is 1.03 bits per heavy atom. The van der Waals surface area contributed by atoms with E-state index in [1.165, 1.54) is 24.4 Å². The summed E-state index contributed by atoms with van der Waals surface area (Å²) in [5.41, 5.74) is 2.36. The summed E-state index contributed by atoms with van der Waals surface area (Å²) in [4.78, 5) is 11.6. The number of rotatable bonds is 7. The van der Waals surface area contributed by atoms with Gasteiger partial charge in [0.15, 0.2) is 5.75 Å². The van der Waals surface area contributed by atoms with Gasteiger partial charge in [0.1, 0.15) is 4.90 Å². The number of hydrogen-bond donors (Lipinski definition) is 1. The van der Waals surface area contributed by atoms with Crippen LogP contribution in [0.3, 0.4) is 0 Å². The third-order valence-electron chi connectivity index (χ3n) is 4.24. The quantitative estimate of drug-likeness (QED) is 0.261. The summed E-state index contributed by atoms with van der Waals surface area (Å²) in [5, 5.41) is 3.83. The lowest BCUT2D eigenvalue weighted by atomic mass is 10.1. The monoisotopic (exact) mass is 540 g/mol. The minimum atomic E-state index is -4.59. The zero-order chi connectivity index (χ0) is 24.1. The van der Waals surface area contributed by atoms with Crippen molar-refractivity contribution in [2.75, 3.05) is 0 Å². The molecule has 3 aromatic carbocycles. The molecule has 6 nitrogen and oxygen atoms in total. The van der Waals surface area contributed by atoms with E-state index in [1.807, 2.05) is 6.07 Å². The van der Waals surface area contributed by atoms with Crippen LogP contribution < -0.4 is 9.61 Å². The number of nitrogens with one attached hydrogen (secondary N) is 1. The third kappa shape index (κ3) is 6.90. The lowest BCUT2D eigenvalue weighted by molar-refractivity contribution is -0.137. The van der Waals surface area contributed by atoms with Gasteiger partial charge in [0.2, 0.25) is 5.91 Å². The molecular weight excluding hydrogens is 525 g/mol. The Balaban J connectivity index is 1.70. The minimum Gasteiger partial charge on any atom is -0.378 e. The van der Waals surface area contributed by atoms with Gasteiger partial charge in [0.25, 0.3) is 0 Å². The molecule has 172 valence electrons. The highest BCUT2D eigenvalue weighted by molar-refractivity contribution is 9.10. The number of benzene rings is 3. The number of alkyl halides is 3. The van der Waals surface area contributed by atoms with Crippen LogP contribution in [-0.2, 0) is 27.5 Å². The van der Waals surface area contributed by atoms with Crippen molar-refractivity contribution in [2.24, 2.45) is 5.10 Å². The average molecular weight is 541 g/mol. The van der Waals surface area contributed by atoms with Crippen molar-refractivity contribution in [3.63, 3.8) is 0 Å². The van der Waals surface area contributed by atoms with Gasteiger partial charge in [-0.15, -0.1) is 0 Å². The Hall–Kier alpha value is -3.18. The predicted molar refractivity (Wildman–Crippen MR) is 119 cm³/mol. The molecule has 11 heteroatoms. The fourth-order valence-corrected chi connectivity index (χ4v) is 4.09. The molecule has 0 radical (unpaired) electrons. The van der Waals surface area contributed by atoms with Gasteiger partial charge in [-0.25, -0.2) is 5.43 Å². The van der Waals surface area contributed by atoms with Crippen LogP contribution in [0.5, 0.6) is 5.75 Å². The second-order valence-electron chi connectivity index (χ2n) is 6.70. The van der Waals surface area contributed by atoms with Crippen molar-refractivity contribution in [3.05, 3.63) is 94.0 Å². The van der Waals surface area contributed by atoms with Crippen LogP contribution in [0.4, 0.5) is 13.2 Å². The largest absolute Gasteiger partial charge is 0.416 e. The Kier molecular flexibility index (Phi) is 7.54. The maximum atomic E-state index is 12.7. The van der Waals surface area contributed by atoms with Gasteiger partial charge in [-0.1, -0.05) is 40.2 Å². The van der Waals surface area contributed by atoms with Crippen LogP contribution in [0.15, 0.2) is 87.3 Å². The molecule has 0 heterocycles. The van der Waals surface area contributed by atoms with E-state index in [2.05, 4.69) is 26.5 Å². The number of nitrogens with zero attached hydrogens (tertiary/aromatic N) is 1. The summed E-state index contributed by atoms with van der Waals surface area (Å²) in [6.07, 6.45) is -3.30. The second-order valence-corrected chi connectivity index (χ2v) is 9.16. The SMILES string of the molecule is O=C(Cc1cccc(Br)c1)NN=Cc1ccccc1OS(=O)(=O)c1ccc(C(F)(F)F)cc1. The molecule has 0 saturated heterocycles. The summed E-state index contributed by atoms with van der Waals surface area (Å²) >= 11 is 3.32. The van der Waals surface area contributed by atoms with E-state index in [1.54, 1.807) is 24.3 Å². The Morgan fingerprint density at radius 3 is 2.39 bits per heavy atom. The van der Waals surface area contributed by atoms with E-state index in [9.17, 15) is 26.4 Å². The maximum Gasteiger partial charge on any atom is 0.416 e. The Labute approximate surface area is 196 Å². The van der Waals surface area contributed by atoms with E-state index in [0.29, 0.717) is 12.1 Å². The van der Waals surface area contributed by atoms with E-state index < -0.39 is 26.8 Å². The van der Waals surface area contributed by atoms with Crippen LogP contribution in [-0.4, -0.2) is 20.5 Å². The topological polar surface area (TPSA) is 84.8 Å². The van der Waals surface area contributed by atoms with Crippen molar-refractivity contribution in [3.8, 4) is 5.75 Å². The highest BCUT2D eigenvalue weighted by atomic mass is 79.9. The third-order valence-corrected chi connectivity index (χ3v) is 5.98. The number of halogens is 4. The highest BCUT2D eigenvalue weighted by Crippen LogP contribution is 2.30. The van der Waals surface area contributed by atoms with Crippen molar-refractivity contribution < 1.29 is 30.6 Å². The van der Waals surface area contributed by atoms with Crippen molar-refractivity contribution in [2.45, 2.75) is 17.5 Å². The molecule has 0 aliphatic carbocycles. The number of hydrazone groups is 1. The van der Waals surface area contributed by atoms with E-state index in [4.69, 9.17) is 4.18 Å². The van der Waals surface area contributed by atoms with Gasteiger partial charge < -0.3 is 4.18 Å². The molecule has 3 aromatic rings. The van der Waals surface area contributed by atoms with Crippen LogP contribution in [0, 0.1) is 0 Å². The van der Waals surface area contributed by atoms with Gasteiger partial charge in [0, 0.05) is 10.0 Å². The van der Waals surface area contributed by atoms with Gasteiger partial charge in [-0.05, 0) is 54.1 Å². The van der Waals surface area contributed by atoms with E-state index in [-0.39, 0.29) is 23.6 Å². The van der Waals surface area contributed by atoms with Crippen molar-refractivity contribution in [1.29, 1.82) is 0 Å². The van der Waals surface area contributed by atoms with Crippen molar-refractivity contribution >= 4 is 38.2 Å². The Bertz CT molecular complexity index is 1280. The van der Waals surface area contributed by atoms with Crippen LogP contribution in [0.1, 0.15) is 16.7 Å². The zero-order valence-electron chi connectivity index (χ0n) is 16.7. The average Bonchev–Trinajstić information content (AvgIpc) is 2.74. The summed E-state index contributed by atoms with van der Waals surface area (Å²) in [7, 11) is -4.41. The molecule has 0 spiro atoms. The molecule has 1 N–H and O–H groups in total. The normalized spacial score (nSPS) is 12.0. The first-order chi connectivity index (χ1) is 15.5. The molecule has 0 aliphatic rings. The molecule has 0 atom stereocenters.